The standard InChI is InChI=1S/C15H15N3O/c16-13-5-4-11-6-8-18(10-12(11)9-13)15(19)14-3-1-2-7-17-14/h1-5,7,9H,6,8,10,16H2. The third-order valence-corrected chi connectivity index (χ3v) is 3.41. The lowest BCUT2D eigenvalue weighted by atomic mass is 9.99. The van der Waals surface area contributed by atoms with Gasteiger partial charge in [-0.2, -0.15) is 0 Å². The fraction of sp³-hybridized carbons (Fsp3) is 0.200. The molecule has 0 aliphatic carbocycles. The quantitative estimate of drug-likeness (QED) is 0.789. The van der Waals surface area contributed by atoms with Crippen LogP contribution in [0.5, 0.6) is 0 Å². The van der Waals surface area contributed by atoms with Crippen molar-refractivity contribution >= 4 is 11.6 Å². The van der Waals surface area contributed by atoms with Crippen LogP contribution in [0.15, 0.2) is 42.6 Å². The zero-order chi connectivity index (χ0) is 13.2. The van der Waals surface area contributed by atoms with Crippen molar-refractivity contribution in [1.29, 1.82) is 0 Å². The molecule has 1 aliphatic rings. The highest BCUT2D eigenvalue weighted by Gasteiger charge is 2.22. The lowest BCUT2D eigenvalue weighted by Crippen LogP contribution is -2.36. The minimum Gasteiger partial charge on any atom is -0.399 e. The second-order valence-corrected chi connectivity index (χ2v) is 4.72. The third kappa shape index (κ3) is 2.29. The zero-order valence-corrected chi connectivity index (χ0v) is 10.5. The van der Waals surface area contributed by atoms with Crippen LogP contribution in [0, 0.1) is 0 Å². The normalized spacial score (nSPS) is 14.0. The van der Waals surface area contributed by atoms with E-state index in [1.807, 2.05) is 35.2 Å². The Balaban J connectivity index is 1.84. The van der Waals surface area contributed by atoms with E-state index in [2.05, 4.69) is 4.98 Å². The van der Waals surface area contributed by atoms with Gasteiger partial charge in [-0.15, -0.1) is 0 Å². The maximum atomic E-state index is 12.3. The third-order valence-electron chi connectivity index (χ3n) is 3.41. The molecule has 0 fully saturated rings. The van der Waals surface area contributed by atoms with Crippen molar-refractivity contribution in [3.05, 3.63) is 59.4 Å². The predicted molar refractivity (Wildman–Crippen MR) is 73.5 cm³/mol. The van der Waals surface area contributed by atoms with E-state index in [1.165, 1.54) is 5.56 Å². The van der Waals surface area contributed by atoms with Crippen molar-refractivity contribution in [3.63, 3.8) is 0 Å². The van der Waals surface area contributed by atoms with Crippen molar-refractivity contribution in [3.8, 4) is 0 Å². The van der Waals surface area contributed by atoms with Crippen LogP contribution in [0.3, 0.4) is 0 Å². The number of carbonyl (C=O) groups excluding carboxylic acids is 1. The van der Waals surface area contributed by atoms with Gasteiger partial charge < -0.3 is 10.6 Å². The summed E-state index contributed by atoms with van der Waals surface area (Å²) in [6, 6.07) is 11.3. The zero-order valence-electron chi connectivity index (χ0n) is 10.5. The molecular weight excluding hydrogens is 238 g/mol. The van der Waals surface area contributed by atoms with Gasteiger partial charge in [-0.3, -0.25) is 9.78 Å². The first-order valence-corrected chi connectivity index (χ1v) is 6.31. The van der Waals surface area contributed by atoms with Gasteiger partial charge in [-0.25, -0.2) is 0 Å². The molecule has 0 unspecified atom stereocenters. The Kier molecular flexibility index (Phi) is 2.91. The molecule has 0 spiro atoms. The molecule has 0 radical (unpaired) electrons. The summed E-state index contributed by atoms with van der Waals surface area (Å²) in [6.07, 6.45) is 2.51. The Morgan fingerprint density at radius 2 is 2.11 bits per heavy atom. The topological polar surface area (TPSA) is 59.2 Å². The highest BCUT2D eigenvalue weighted by atomic mass is 16.2. The number of benzene rings is 1. The summed E-state index contributed by atoms with van der Waals surface area (Å²) in [4.78, 5) is 18.3. The number of anilines is 1. The Morgan fingerprint density at radius 1 is 1.21 bits per heavy atom. The first-order valence-electron chi connectivity index (χ1n) is 6.31. The molecule has 2 aromatic rings. The predicted octanol–water partition coefficient (Wildman–Crippen LogP) is 1.86. The Hall–Kier alpha value is -2.36. The van der Waals surface area contributed by atoms with E-state index < -0.39 is 0 Å². The molecule has 96 valence electrons. The number of nitrogens with zero attached hydrogens (tertiary/aromatic N) is 2. The molecule has 0 atom stereocenters. The van der Waals surface area contributed by atoms with Crippen LogP contribution < -0.4 is 5.73 Å². The van der Waals surface area contributed by atoms with Crippen LogP contribution in [0.4, 0.5) is 5.69 Å². The maximum Gasteiger partial charge on any atom is 0.272 e. The SMILES string of the molecule is Nc1ccc2c(c1)CN(C(=O)c1ccccn1)CC2. The molecule has 4 heteroatoms. The van der Waals surface area contributed by atoms with Crippen LogP contribution in [0.2, 0.25) is 0 Å². The molecule has 3 rings (SSSR count). The van der Waals surface area contributed by atoms with E-state index in [0.29, 0.717) is 12.2 Å². The highest BCUT2D eigenvalue weighted by Crippen LogP contribution is 2.22. The number of hydrogen-bond donors (Lipinski definition) is 1. The van der Waals surface area contributed by atoms with Gasteiger partial charge in [0, 0.05) is 25.0 Å². The second-order valence-electron chi connectivity index (χ2n) is 4.72. The maximum absolute atomic E-state index is 12.3. The van der Waals surface area contributed by atoms with Crippen molar-refractivity contribution in [2.24, 2.45) is 0 Å². The lowest BCUT2D eigenvalue weighted by molar-refractivity contribution is 0.0729. The molecule has 0 saturated carbocycles. The smallest absolute Gasteiger partial charge is 0.272 e. The highest BCUT2D eigenvalue weighted by molar-refractivity contribution is 5.92. The van der Waals surface area contributed by atoms with Gasteiger partial charge in [0.2, 0.25) is 0 Å². The van der Waals surface area contributed by atoms with E-state index in [0.717, 1.165) is 24.2 Å². The van der Waals surface area contributed by atoms with Crippen molar-refractivity contribution < 1.29 is 4.79 Å². The molecule has 1 aromatic carbocycles. The Morgan fingerprint density at radius 3 is 2.89 bits per heavy atom. The number of aromatic nitrogens is 1. The second kappa shape index (κ2) is 4.72. The minimum atomic E-state index is -0.0197. The molecule has 1 aromatic heterocycles. The first kappa shape index (κ1) is 11.7. The van der Waals surface area contributed by atoms with Crippen molar-refractivity contribution in [2.75, 3.05) is 12.3 Å². The number of nitrogen functional groups attached to an aromatic ring is 1. The number of amides is 1. The molecular formula is C15H15N3O. The number of hydrogen-bond acceptors (Lipinski definition) is 3. The van der Waals surface area contributed by atoms with Gasteiger partial charge in [-0.1, -0.05) is 12.1 Å². The Labute approximate surface area is 111 Å². The number of nitrogens with two attached hydrogens (primary N) is 1. The number of fused-ring (bicyclic) bond motifs is 1. The van der Waals surface area contributed by atoms with Crippen LogP contribution in [-0.2, 0) is 13.0 Å². The van der Waals surface area contributed by atoms with E-state index >= 15 is 0 Å². The molecule has 0 saturated heterocycles. The summed E-state index contributed by atoms with van der Waals surface area (Å²) in [5.74, 6) is -0.0197. The van der Waals surface area contributed by atoms with Gasteiger partial charge in [0.1, 0.15) is 5.69 Å². The number of rotatable bonds is 1. The van der Waals surface area contributed by atoms with Crippen LogP contribution >= 0.6 is 0 Å². The van der Waals surface area contributed by atoms with Crippen LogP contribution in [-0.4, -0.2) is 22.3 Å². The number of carbonyl (C=O) groups is 1. The van der Waals surface area contributed by atoms with Crippen LogP contribution in [0.25, 0.3) is 0 Å². The molecule has 2 N–H and O–H groups in total. The van der Waals surface area contributed by atoms with Gasteiger partial charge >= 0.3 is 0 Å². The van der Waals surface area contributed by atoms with Crippen molar-refractivity contribution in [1.82, 2.24) is 9.88 Å². The summed E-state index contributed by atoms with van der Waals surface area (Å²) in [6.45, 7) is 1.34. The average Bonchev–Trinajstić information content (AvgIpc) is 2.46. The van der Waals surface area contributed by atoms with E-state index in [-0.39, 0.29) is 5.91 Å². The van der Waals surface area contributed by atoms with Gasteiger partial charge in [0.25, 0.3) is 5.91 Å². The molecule has 4 nitrogen and oxygen atoms in total. The summed E-state index contributed by atoms with van der Waals surface area (Å²) < 4.78 is 0. The Bertz CT molecular complexity index is 610. The summed E-state index contributed by atoms with van der Waals surface area (Å²) in [5, 5.41) is 0. The summed E-state index contributed by atoms with van der Waals surface area (Å²) in [5.41, 5.74) is 9.45. The molecule has 2 heterocycles. The molecule has 19 heavy (non-hydrogen) atoms. The fourth-order valence-electron chi connectivity index (χ4n) is 2.40. The first-order chi connectivity index (χ1) is 9.24. The van der Waals surface area contributed by atoms with Gasteiger partial charge in [0.15, 0.2) is 0 Å². The number of pyridine rings is 1. The van der Waals surface area contributed by atoms with Gasteiger partial charge in [0.05, 0.1) is 0 Å². The van der Waals surface area contributed by atoms with Crippen LogP contribution in [0.1, 0.15) is 21.6 Å². The van der Waals surface area contributed by atoms with E-state index in [1.54, 1.807) is 12.3 Å². The summed E-state index contributed by atoms with van der Waals surface area (Å²) >= 11 is 0. The molecule has 0 bridgehead atoms. The summed E-state index contributed by atoms with van der Waals surface area (Å²) in [7, 11) is 0. The van der Waals surface area contributed by atoms with E-state index in [9.17, 15) is 4.79 Å². The minimum absolute atomic E-state index is 0.0197. The van der Waals surface area contributed by atoms with Crippen molar-refractivity contribution in [2.45, 2.75) is 13.0 Å². The van der Waals surface area contributed by atoms with E-state index in [4.69, 9.17) is 5.73 Å². The molecule has 1 amide bonds. The average molecular weight is 253 g/mol. The fourth-order valence-corrected chi connectivity index (χ4v) is 2.40. The lowest BCUT2D eigenvalue weighted by Gasteiger charge is -2.28. The monoisotopic (exact) mass is 253 g/mol. The largest absolute Gasteiger partial charge is 0.399 e. The molecule has 1 aliphatic heterocycles. The van der Waals surface area contributed by atoms with Gasteiger partial charge in [-0.05, 0) is 41.8 Å².